The summed E-state index contributed by atoms with van der Waals surface area (Å²) in [6.45, 7) is 4.33. The van der Waals surface area contributed by atoms with Crippen molar-refractivity contribution in [3.8, 4) is 5.75 Å². The van der Waals surface area contributed by atoms with Gasteiger partial charge in [0, 0.05) is 0 Å². The van der Waals surface area contributed by atoms with Gasteiger partial charge >= 0.3 is 0 Å². The Morgan fingerprint density at radius 3 is 2.25 bits per heavy atom. The second-order valence-electron chi connectivity index (χ2n) is 2.64. The molecule has 0 aliphatic carbocycles. The van der Waals surface area contributed by atoms with Crippen molar-refractivity contribution in [1.82, 2.24) is 0 Å². The molecule has 0 amide bonds. The van der Waals surface area contributed by atoms with E-state index in [9.17, 15) is 4.21 Å². The molecule has 0 fully saturated rings. The van der Waals surface area contributed by atoms with Gasteiger partial charge in [-0.3, -0.25) is 0 Å². The molecule has 92 valence electrons. The fraction of sp³-hybridized carbons (Fsp3) is 0.455. The summed E-state index contributed by atoms with van der Waals surface area (Å²) in [7, 11) is 1.60. The molecule has 0 aliphatic heterocycles. The van der Waals surface area contributed by atoms with Gasteiger partial charge in [0.25, 0.3) is 0 Å². The molecule has 1 rings (SSSR count). The molecular weight excluding hydrogens is 228 g/mol. The lowest BCUT2D eigenvalue weighted by Crippen LogP contribution is -2.00. The van der Waals surface area contributed by atoms with E-state index in [2.05, 4.69) is 0 Å². The van der Waals surface area contributed by atoms with Crippen LogP contribution < -0.4 is 4.74 Å². The SMILES string of the molecule is CC.COc1ccc(COCS(=O)O)cc1. The predicted molar refractivity (Wildman–Crippen MR) is 64.8 cm³/mol. The Bertz CT molecular complexity index is 297. The quantitative estimate of drug-likeness (QED) is 0.811. The van der Waals surface area contributed by atoms with E-state index in [0.29, 0.717) is 6.61 Å². The van der Waals surface area contributed by atoms with E-state index >= 15 is 0 Å². The highest BCUT2D eigenvalue weighted by molar-refractivity contribution is 7.79. The zero-order valence-electron chi connectivity index (χ0n) is 9.80. The maximum absolute atomic E-state index is 10.3. The number of hydrogen-bond donors (Lipinski definition) is 1. The van der Waals surface area contributed by atoms with Crippen LogP contribution in [0.4, 0.5) is 0 Å². The van der Waals surface area contributed by atoms with E-state index in [1.54, 1.807) is 7.11 Å². The highest BCUT2D eigenvalue weighted by Gasteiger charge is 1.96. The van der Waals surface area contributed by atoms with Crippen LogP contribution in [0.15, 0.2) is 24.3 Å². The molecule has 0 aliphatic rings. The van der Waals surface area contributed by atoms with E-state index in [-0.39, 0.29) is 5.94 Å². The molecule has 16 heavy (non-hydrogen) atoms. The molecule has 0 saturated carbocycles. The van der Waals surface area contributed by atoms with Crippen LogP contribution in [0.2, 0.25) is 0 Å². The fourth-order valence-electron chi connectivity index (χ4n) is 0.953. The van der Waals surface area contributed by atoms with Crippen molar-refractivity contribution in [2.75, 3.05) is 13.0 Å². The topological polar surface area (TPSA) is 55.8 Å². The Balaban J connectivity index is 0.00000106. The lowest BCUT2D eigenvalue weighted by atomic mass is 10.2. The first-order chi connectivity index (χ1) is 7.72. The summed E-state index contributed by atoms with van der Waals surface area (Å²) in [4.78, 5) is 0. The van der Waals surface area contributed by atoms with Gasteiger partial charge in [0.05, 0.1) is 13.7 Å². The maximum atomic E-state index is 10.3. The normalized spacial score (nSPS) is 11.2. The zero-order chi connectivity index (χ0) is 12.4. The fourth-order valence-corrected chi connectivity index (χ4v) is 1.18. The van der Waals surface area contributed by atoms with E-state index in [0.717, 1.165) is 11.3 Å². The van der Waals surface area contributed by atoms with Crippen molar-refractivity contribution in [1.29, 1.82) is 0 Å². The van der Waals surface area contributed by atoms with Crippen LogP contribution in [0.3, 0.4) is 0 Å². The Kier molecular flexibility index (Phi) is 8.80. The van der Waals surface area contributed by atoms with Crippen LogP contribution in [0.25, 0.3) is 0 Å². The number of rotatable bonds is 5. The van der Waals surface area contributed by atoms with Gasteiger partial charge in [0.2, 0.25) is 0 Å². The molecule has 0 radical (unpaired) electrons. The minimum Gasteiger partial charge on any atom is -0.497 e. The van der Waals surface area contributed by atoms with E-state index in [4.69, 9.17) is 14.0 Å². The zero-order valence-corrected chi connectivity index (χ0v) is 10.6. The summed E-state index contributed by atoms with van der Waals surface area (Å²) in [6, 6.07) is 7.32. The molecule has 0 saturated heterocycles. The number of ether oxygens (including phenoxy) is 2. The Morgan fingerprint density at radius 1 is 1.25 bits per heavy atom. The monoisotopic (exact) mass is 246 g/mol. The molecule has 1 N–H and O–H groups in total. The smallest absolute Gasteiger partial charge is 0.179 e. The molecule has 0 heterocycles. The van der Waals surface area contributed by atoms with Gasteiger partial charge in [-0.25, -0.2) is 4.21 Å². The minimum absolute atomic E-state index is 0.161. The van der Waals surface area contributed by atoms with Gasteiger partial charge in [0.1, 0.15) is 11.7 Å². The summed E-state index contributed by atoms with van der Waals surface area (Å²) in [5.41, 5.74) is 0.941. The van der Waals surface area contributed by atoms with Gasteiger partial charge in [0.15, 0.2) is 11.1 Å². The standard InChI is InChI=1S/C9H12O4S.C2H6/c1-12-9-4-2-8(3-5-9)6-13-7-14(10)11;1-2/h2-5H,6-7H2,1H3,(H,10,11);1-2H3. The molecule has 1 aromatic rings. The van der Waals surface area contributed by atoms with E-state index in [1.165, 1.54) is 0 Å². The average molecular weight is 246 g/mol. The summed E-state index contributed by atoms with van der Waals surface area (Å²) >= 11 is -1.89. The summed E-state index contributed by atoms with van der Waals surface area (Å²) in [6.07, 6.45) is 0. The number of hydrogen-bond acceptors (Lipinski definition) is 3. The van der Waals surface area contributed by atoms with Crippen molar-refractivity contribution in [3.05, 3.63) is 29.8 Å². The Labute approximate surface area is 98.9 Å². The second kappa shape index (κ2) is 9.33. The largest absolute Gasteiger partial charge is 0.497 e. The van der Waals surface area contributed by atoms with Gasteiger partial charge in [-0.15, -0.1) is 0 Å². The third kappa shape index (κ3) is 6.55. The third-order valence-corrected chi connectivity index (χ3v) is 1.98. The first-order valence-corrected chi connectivity index (χ1v) is 6.28. The van der Waals surface area contributed by atoms with Gasteiger partial charge in [-0.05, 0) is 17.7 Å². The second-order valence-corrected chi connectivity index (χ2v) is 3.51. The lowest BCUT2D eigenvalue weighted by Gasteiger charge is -2.03. The van der Waals surface area contributed by atoms with Crippen molar-refractivity contribution in [3.63, 3.8) is 0 Å². The van der Waals surface area contributed by atoms with Gasteiger partial charge < -0.3 is 14.0 Å². The number of benzene rings is 1. The van der Waals surface area contributed by atoms with Gasteiger partial charge in [-0.2, -0.15) is 0 Å². The van der Waals surface area contributed by atoms with E-state index < -0.39 is 11.1 Å². The first-order valence-electron chi connectivity index (χ1n) is 5.00. The highest BCUT2D eigenvalue weighted by Crippen LogP contribution is 2.11. The third-order valence-electron chi connectivity index (χ3n) is 1.61. The van der Waals surface area contributed by atoms with Crippen LogP contribution in [0, 0.1) is 0 Å². The van der Waals surface area contributed by atoms with Crippen molar-refractivity contribution >= 4 is 11.1 Å². The Hall–Kier alpha value is -0.910. The molecule has 0 aromatic heterocycles. The maximum Gasteiger partial charge on any atom is 0.179 e. The van der Waals surface area contributed by atoms with Crippen LogP contribution in [-0.4, -0.2) is 21.8 Å². The first kappa shape index (κ1) is 15.1. The molecule has 0 spiro atoms. The lowest BCUT2D eigenvalue weighted by molar-refractivity contribution is 0.162. The molecule has 0 bridgehead atoms. The number of methoxy groups -OCH3 is 1. The predicted octanol–water partition coefficient (Wildman–Crippen LogP) is 2.42. The van der Waals surface area contributed by atoms with Crippen molar-refractivity contribution in [2.45, 2.75) is 20.5 Å². The van der Waals surface area contributed by atoms with Crippen LogP contribution in [-0.2, 0) is 22.4 Å². The molecular formula is C11H18O4S. The minimum atomic E-state index is -1.89. The highest BCUT2D eigenvalue weighted by atomic mass is 32.2. The van der Waals surface area contributed by atoms with Gasteiger partial charge in [-0.1, -0.05) is 26.0 Å². The molecule has 1 aromatic carbocycles. The molecule has 1 atom stereocenters. The summed E-state index contributed by atoms with van der Waals surface area (Å²) < 4.78 is 28.6. The van der Waals surface area contributed by atoms with Crippen LogP contribution >= 0.6 is 0 Å². The summed E-state index contributed by atoms with van der Waals surface area (Å²) in [5, 5.41) is 0. The molecule has 1 unspecified atom stereocenters. The Morgan fingerprint density at radius 2 is 1.81 bits per heavy atom. The van der Waals surface area contributed by atoms with E-state index in [1.807, 2.05) is 38.1 Å². The van der Waals surface area contributed by atoms with Crippen molar-refractivity contribution in [2.24, 2.45) is 0 Å². The van der Waals surface area contributed by atoms with Crippen LogP contribution in [0.1, 0.15) is 19.4 Å². The molecule has 5 heteroatoms. The van der Waals surface area contributed by atoms with Crippen LogP contribution in [0.5, 0.6) is 5.75 Å². The van der Waals surface area contributed by atoms with Crippen molar-refractivity contribution < 1.29 is 18.2 Å². The average Bonchev–Trinajstić information content (AvgIpc) is 2.32. The molecule has 4 nitrogen and oxygen atoms in total. The summed E-state index contributed by atoms with van der Waals surface area (Å²) in [5.74, 6) is 0.617.